The second-order valence-electron chi connectivity index (χ2n) is 7.17. The third-order valence-corrected chi connectivity index (χ3v) is 5.68. The van der Waals surface area contributed by atoms with Crippen LogP contribution < -0.4 is 0 Å². The maximum absolute atomic E-state index is 13.3. The monoisotopic (exact) mass is 395 g/mol. The summed E-state index contributed by atoms with van der Waals surface area (Å²) in [5.41, 5.74) is 2.54. The van der Waals surface area contributed by atoms with E-state index in [9.17, 15) is 9.59 Å². The van der Waals surface area contributed by atoms with Gasteiger partial charge in [-0.1, -0.05) is 60.1 Å². The third kappa shape index (κ3) is 3.43. The molecule has 2 aromatic rings. The quantitative estimate of drug-likeness (QED) is 0.747. The number of carbonyl (C=O) groups is 2. The Morgan fingerprint density at radius 3 is 2.18 bits per heavy atom. The Bertz CT molecular complexity index is 934. The molecule has 0 bridgehead atoms. The van der Waals surface area contributed by atoms with E-state index in [0.717, 1.165) is 37.3 Å². The summed E-state index contributed by atoms with van der Waals surface area (Å²) in [7, 11) is 2.06. The molecule has 6 heteroatoms. The van der Waals surface area contributed by atoms with E-state index < -0.39 is 0 Å². The van der Waals surface area contributed by atoms with E-state index in [1.807, 2.05) is 48.5 Å². The molecule has 2 heterocycles. The fourth-order valence-electron chi connectivity index (χ4n) is 3.69. The molecule has 4 rings (SSSR count). The fourth-order valence-corrected chi connectivity index (χ4v) is 3.89. The lowest BCUT2D eigenvalue weighted by Gasteiger charge is -2.34. The summed E-state index contributed by atoms with van der Waals surface area (Å²) >= 11 is 6.27. The van der Waals surface area contributed by atoms with Gasteiger partial charge in [0.1, 0.15) is 5.70 Å². The van der Waals surface area contributed by atoms with Crippen LogP contribution in [0.2, 0.25) is 5.02 Å². The Balaban J connectivity index is 1.72. The zero-order valence-electron chi connectivity index (χ0n) is 15.8. The van der Waals surface area contributed by atoms with Crippen LogP contribution in [0.3, 0.4) is 0 Å². The van der Waals surface area contributed by atoms with Crippen LogP contribution >= 0.6 is 11.6 Å². The Morgan fingerprint density at radius 1 is 0.857 bits per heavy atom. The summed E-state index contributed by atoms with van der Waals surface area (Å²) in [6.07, 6.45) is 0. The molecule has 0 atom stereocenters. The number of amides is 2. The van der Waals surface area contributed by atoms with E-state index in [1.165, 1.54) is 4.90 Å². The van der Waals surface area contributed by atoms with Gasteiger partial charge in [-0.2, -0.15) is 0 Å². The van der Waals surface area contributed by atoms with Gasteiger partial charge in [-0.3, -0.25) is 14.5 Å². The molecule has 0 unspecified atom stereocenters. The van der Waals surface area contributed by atoms with Crippen molar-refractivity contribution in [3.8, 4) is 0 Å². The Hall–Kier alpha value is -2.63. The van der Waals surface area contributed by atoms with Crippen molar-refractivity contribution in [3.05, 3.63) is 76.4 Å². The van der Waals surface area contributed by atoms with Gasteiger partial charge in [-0.05, 0) is 24.2 Å². The molecule has 0 saturated carbocycles. The van der Waals surface area contributed by atoms with Crippen molar-refractivity contribution in [1.82, 2.24) is 14.7 Å². The predicted molar refractivity (Wildman–Crippen MR) is 109 cm³/mol. The lowest BCUT2D eigenvalue weighted by molar-refractivity contribution is -0.138. The summed E-state index contributed by atoms with van der Waals surface area (Å²) in [6, 6.07) is 16.8. The second kappa shape index (κ2) is 7.78. The van der Waals surface area contributed by atoms with Gasteiger partial charge in [0, 0.05) is 31.2 Å². The van der Waals surface area contributed by atoms with Crippen molar-refractivity contribution >= 4 is 29.0 Å². The third-order valence-electron chi connectivity index (χ3n) is 5.31. The highest BCUT2D eigenvalue weighted by molar-refractivity contribution is 6.35. The van der Waals surface area contributed by atoms with Gasteiger partial charge in [-0.15, -0.1) is 0 Å². The topological polar surface area (TPSA) is 43.9 Å². The minimum Gasteiger partial charge on any atom is -0.364 e. The smallest absolute Gasteiger partial charge is 0.278 e. The van der Waals surface area contributed by atoms with Crippen molar-refractivity contribution in [1.29, 1.82) is 0 Å². The van der Waals surface area contributed by atoms with E-state index in [1.54, 1.807) is 6.07 Å². The van der Waals surface area contributed by atoms with Crippen LogP contribution in [0.15, 0.2) is 60.3 Å². The molecule has 5 nitrogen and oxygen atoms in total. The van der Waals surface area contributed by atoms with Crippen molar-refractivity contribution in [2.75, 3.05) is 33.2 Å². The molecule has 0 spiro atoms. The number of halogens is 1. The van der Waals surface area contributed by atoms with Crippen molar-refractivity contribution < 1.29 is 9.59 Å². The molecule has 144 valence electrons. The summed E-state index contributed by atoms with van der Waals surface area (Å²) in [4.78, 5) is 32.3. The first-order valence-electron chi connectivity index (χ1n) is 9.39. The highest BCUT2D eigenvalue weighted by Gasteiger charge is 2.42. The zero-order chi connectivity index (χ0) is 19.7. The summed E-state index contributed by atoms with van der Waals surface area (Å²) in [5.74, 6) is -0.502. The average molecular weight is 396 g/mol. The maximum Gasteiger partial charge on any atom is 0.278 e. The Morgan fingerprint density at radius 2 is 1.50 bits per heavy atom. The lowest BCUT2D eigenvalue weighted by atomic mass is 10.0. The van der Waals surface area contributed by atoms with E-state index in [-0.39, 0.29) is 18.4 Å². The highest BCUT2D eigenvalue weighted by atomic mass is 35.5. The molecule has 2 aromatic carbocycles. The first-order valence-corrected chi connectivity index (χ1v) is 9.77. The molecule has 0 aromatic heterocycles. The second-order valence-corrected chi connectivity index (χ2v) is 7.58. The Labute approximate surface area is 169 Å². The number of nitrogens with zero attached hydrogens (tertiary/aromatic N) is 3. The minimum atomic E-state index is -0.259. The van der Waals surface area contributed by atoms with Crippen LogP contribution in [-0.2, 0) is 16.1 Å². The van der Waals surface area contributed by atoms with Gasteiger partial charge in [0.2, 0.25) is 0 Å². The Kier molecular flexibility index (Phi) is 5.20. The summed E-state index contributed by atoms with van der Waals surface area (Å²) in [6.45, 7) is 3.34. The van der Waals surface area contributed by atoms with E-state index in [2.05, 4.69) is 16.8 Å². The summed E-state index contributed by atoms with van der Waals surface area (Å²) < 4.78 is 0. The normalized spacial score (nSPS) is 18.4. The fraction of sp³-hybridized carbons (Fsp3) is 0.273. The van der Waals surface area contributed by atoms with E-state index >= 15 is 0 Å². The lowest BCUT2D eigenvalue weighted by Crippen LogP contribution is -2.46. The maximum atomic E-state index is 13.3. The number of hydrogen-bond donors (Lipinski definition) is 0. The van der Waals surface area contributed by atoms with Gasteiger partial charge >= 0.3 is 0 Å². The number of imide groups is 1. The zero-order valence-corrected chi connectivity index (χ0v) is 16.5. The molecule has 2 aliphatic heterocycles. The van der Waals surface area contributed by atoms with Crippen molar-refractivity contribution in [2.45, 2.75) is 6.54 Å². The van der Waals surface area contributed by atoms with Crippen LogP contribution in [0.4, 0.5) is 0 Å². The first kappa shape index (κ1) is 18.7. The van der Waals surface area contributed by atoms with Crippen LogP contribution in [0.25, 0.3) is 5.57 Å². The molecular weight excluding hydrogens is 374 g/mol. The minimum absolute atomic E-state index is 0.172. The van der Waals surface area contributed by atoms with Gasteiger partial charge in [0.25, 0.3) is 11.8 Å². The molecule has 2 amide bonds. The van der Waals surface area contributed by atoms with Crippen LogP contribution in [0.1, 0.15) is 11.1 Å². The molecule has 0 aliphatic carbocycles. The largest absolute Gasteiger partial charge is 0.364 e. The average Bonchev–Trinajstić information content (AvgIpc) is 2.95. The van der Waals surface area contributed by atoms with Gasteiger partial charge in [0.15, 0.2) is 0 Å². The number of carbonyl (C=O) groups excluding carboxylic acids is 2. The molecule has 1 fully saturated rings. The molecule has 28 heavy (non-hydrogen) atoms. The molecule has 2 aliphatic rings. The van der Waals surface area contributed by atoms with Crippen LogP contribution in [-0.4, -0.2) is 59.7 Å². The van der Waals surface area contributed by atoms with E-state index in [4.69, 9.17) is 11.6 Å². The van der Waals surface area contributed by atoms with E-state index in [0.29, 0.717) is 16.3 Å². The number of likely N-dealkylation sites (N-methyl/N-ethyl adjacent to an activating group) is 1. The highest BCUT2D eigenvalue weighted by Crippen LogP contribution is 2.33. The van der Waals surface area contributed by atoms with Crippen molar-refractivity contribution in [3.63, 3.8) is 0 Å². The van der Waals surface area contributed by atoms with Crippen LogP contribution in [0, 0.1) is 0 Å². The molecule has 1 saturated heterocycles. The summed E-state index contributed by atoms with van der Waals surface area (Å²) in [5, 5.41) is 0.553. The first-order chi connectivity index (χ1) is 13.6. The molecule has 0 radical (unpaired) electrons. The van der Waals surface area contributed by atoms with Crippen LogP contribution in [0.5, 0.6) is 0 Å². The SMILES string of the molecule is CN1CCN(C2=C(c3ccccc3)C(=O)N(Cc3ccccc3Cl)C2=O)CC1. The molecular formula is C22H22ClN3O2. The number of hydrogen-bond acceptors (Lipinski definition) is 4. The van der Waals surface area contributed by atoms with Gasteiger partial charge in [-0.25, -0.2) is 0 Å². The number of benzene rings is 2. The predicted octanol–water partition coefficient (Wildman–Crippen LogP) is 2.87. The van der Waals surface area contributed by atoms with Gasteiger partial charge in [0.05, 0.1) is 12.1 Å². The van der Waals surface area contributed by atoms with Crippen molar-refractivity contribution in [2.24, 2.45) is 0 Å². The molecule has 0 N–H and O–H groups in total. The standard InChI is InChI=1S/C22H22ClN3O2/c1-24-11-13-25(14-12-24)20-19(16-7-3-2-4-8-16)21(27)26(22(20)28)15-17-9-5-6-10-18(17)23/h2-10H,11-15H2,1H3. The number of rotatable bonds is 4. The van der Waals surface area contributed by atoms with Gasteiger partial charge < -0.3 is 9.80 Å². The number of piperazine rings is 1.